The highest BCUT2D eigenvalue weighted by Crippen LogP contribution is 2.06. The lowest BCUT2D eigenvalue weighted by Crippen LogP contribution is -2.51. The standard InChI is InChI=1S/C16H22N2O.ClH/c1-14-13-18(12-11-17-14)16(19)10-6-5-9-15-7-3-2-4-8-15;/h2-5,7-9,14,17H,6,10-13H2,1H3;1H/b9-5+;/t14-;/m1./s1. The third-order valence-electron chi connectivity index (χ3n) is 3.36. The second kappa shape index (κ2) is 8.77. The molecule has 1 atom stereocenters. The van der Waals surface area contributed by atoms with Crippen LogP contribution in [0.2, 0.25) is 0 Å². The summed E-state index contributed by atoms with van der Waals surface area (Å²) in [6.45, 7) is 4.70. The van der Waals surface area contributed by atoms with Gasteiger partial charge in [-0.1, -0.05) is 42.5 Å². The van der Waals surface area contributed by atoms with E-state index in [4.69, 9.17) is 0 Å². The smallest absolute Gasteiger partial charge is 0.222 e. The third-order valence-corrected chi connectivity index (χ3v) is 3.36. The fraction of sp³-hybridized carbons (Fsp3) is 0.438. The molecule has 3 nitrogen and oxygen atoms in total. The van der Waals surface area contributed by atoms with Gasteiger partial charge in [0.15, 0.2) is 0 Å². The van der Waals surface area contributed by atoms with Gasteiger partial charge in [-0.3, -0.25) is 4.79 Å². The van der Waals surface area contributed by atoms with Crippen LogP contribution in [0.4, 0.5) is 0 Å². The minimum absolute atomic E-state index is 0. The number of piperazine rings is 1. The number of benzene rings is 1. The Labute approximate surface area is 127 Å². The van der Waals surface area contributed by atoms with E-state index in [9.17, 15) is 4.79 Å². The number of nitrogens with zero attached hydrogens (tertiary/aromatic N) is 1. The molecule has 20 heavy (non-hydrogen) atoms. The number of amides is 1. The average molecular weight is 295 g/mol. The molecule has 1 N–H and O–H groups in total. The number of nitrogens with one attached hydrogen (secondary N) is 1. The van der Waals surface area contributed by atoms with E-state index < -0.39 is 0 Å². The molecule has 1 aromatic rings. The monoisotopic (exact) mass is 294 g/mol. The quantitative estimate of drug-likeness (QED) is 0.926. The lowest BCUT2D eigenvalue weighted by Gasteiger charge is -2.31. The van der Waals surface area contributed by atoms with Crippen LogP contribution in [0.15, 0.2) is 36.4 Å². The van der Waals surface area contributed by atoms with Crippen LogP contribution < -0.4 is 5.32 Å². The Hall–Kier alpha value is -1.32. The van der Waals surface area contributed by atoms with Gasteiger partial charge in [-0.25, -0.2) is 0 Å². The van der Waals surface area contributed by atoms with E-state index in [-0.39, 0.29) is 18.3 Å². The van der Waals surface area contributed by atoms with Crippen molar-refractivity contribution in [2.75, 3.05) is 19.6 Å². The minimum Gasteiger partial charge on any atom is -0.340 e. The molecule has 1 heterocycles. The van der Waals surface area contributed by atoms with Crippen molar-refractivity contribution >= 4 is 24.4 Å². The summed E-state index contributed by atoms with van der Waals surface area (Å²) in [5.41, 5.74) is 1.19. The Morgan fingerprint density at radius 2 is 2.15 bits per heavy atom. The summed E-state index contributed by atoms with van der Waals surface area (Å²) < 4.78 is 0. The second-order valence-corrected chi connectivity index (χ2v) is 5.05. The maximum Gasteiger partial charge on any atom is 0.222 e. The van der Waals surface area contributed by atoms with Gasteiger partial charge in [-0.05, 0) is 18.9 Å². The molecule has 2 rings (SSSR count). The van der Waals surface area contributed by atoms with Crippen LogP contribution in [0.5, 0.6) is 0 Å². The molecule has 1 aliphatic heterocycles. The Kier molecular flexibility index (Phi) is 7.34. The van der Waals surface area contributed by atoms with Crippen LogP contribution in [0.1, 0.15) is 25.3 Å². The Balaban J connectivity index is 0.00000200. The first-order valence-corrected chi connectivity index (χ1v) is 6.98. The molecule has 0 aromatic heterocycles. The molecule has 0 spiro atoms. The van der Waals surface area contributed by atoms with E-state index in [1.54, 1.807) is 0 Å². The number of halogens is 1. The summed E-state index contributed by atoms with van der Waals surface area (Å²) in [7, 11) is 0. The molecule has 1 aliphatic rings. The SMILES string of the molecule is C[C@@H]1CN(C(=O)CC/C=C/c2ccccc2)CCN1.Cl. The molecule has 0 radical (unpaired) electrons. The fourth-order valence-corrected chi connectivity index (χ4v) is 2.31. The maximum absolute atomic E-state index is 12.0. The molecule has 0 saturated carbocycles. The lowest BCUT2D eigenvalue weighted by atomic mass is 10.1. The zero-order valence-electron chi connectivity index (χ0n) is 11.9. The number of hydrogen-bond acceptors (Lipinski definition) is 2. The highest BCUT2D eigenvalue weighted by Gasteiger charge is 2.19. The Bertz CT molecular complexity index is 433. The Morgan fingerprint density at radius 3 is 2.85 bits per heavy atom. The number of hydrogen-bond donors (Lipinski definition) is 1. The van der Waals surface area contributed by atoms with Gasteiger partial charge in [0.25, 0.3) is 0 Å². The summed E-state index contributed by atoms with van der Waals surface area (Å²) in [6.07, 6.45) is 5.58. The third kappa shape index (κ3) is 5.35. The maximum atomic E-state index is 12.0. The highest BCUT2D eigenvalue weighted by atomic mass is 35.5. The summed E-state index contributed by atoms with van der Waals surface area (Å²) in [4.78, 5) is 14.0. The van der Waals surface area contributed by atoms with Gasteiger partial charge in [0.2, 0.25) is 5.91 Å². The summed E-state index contributed by atoms with van der Waals surface area (Å²) >= 11 is 0. The average Bonchev–Trinajstić information content (AvgIpc) is 2.44. The van der Waals surface area contributed by atoms with Crippen molar-refractivity contribution in [2.45, 2.75) is 25.8 Å². The molecule has 1 fully saturated rings. The first-order chi connectivity index (χ1) is 9.25. The van der Waals surface area contributed by atoms with Gasteiger partial charge in [-0.15, -0.1) is 12.4 Å². The van der Waals surface area contributed by atoms with Crippen LogP contribution in [0.25, 0.3) is 6.08 Å². The molecule has 1 amide bonds. The lowest BCUT2D eigenvalue weighted by molar-refractivity contribution is -0.132. The Morgan fingerprint density at radius 1 is 1.40 bits per heavy atom. The predicted octanol–water partition coefficient (Wildman–Crippen LogP) is 2.72. The van der Waals surface area contributed by atoms with Crippen LogP contribution in [0.3, 0.4) is 0 Å². The van der Waals surface area contributed by atoms with Gasteiger partial charge in [-0.2, -0.15) is 0 Å². The van der Waals surface area contributed by atoms with Crippen LogP contribution in [-0.4, -0.2) is 36.5 Å². The number of allylic oxidation sites excluding steroid dienone is 1. The fourth-order valence-electron chi connectivity index (χ4n) is 2.31. The topological polar surface area (TPSA) is 32.3 Å². The van der Waals surface area contributed by atoms with Crippen molar-refractivity contribution < 1.29 is 4.79 Å². The largest absolute Gasteiger partial charge is 0.340 e. The van der Waals surface area contributed by atoms with Crippen molar-refractivity contribution in [1.82, 2.24) is 10.2 Å². The summed E-state index contributed by atoms with van der Waals surface area (Å²) in [5.74, 6) is 0.270. The van der Waals surface area contributed by atoms with Crippen molar-refractivity contribution in [3.63, 3.8) is 0 Å². The van der Waals surface area contributed by atoms with Gasteiger partial charge < -0.3 is 10.2 Å². The number of rotatable bonds is 4. The van der Waals surface area contributed by atoms with Gasteiger partial charge >= 0.3 is 0 Å². The van der Waals surface area contributed by atoms with Crippen molar-refractivity contribution in [3.05, 3.63) is 42.0 Å². The second-order valence-electron chi connectivity index (χ2n) is 5.05. The van der Waals surface area contributed by atoms with E-state index >= 15 is 0 Å². The molecule has 4 heteroatoms. The molecular weight excluding hydrogens is 272 g/mol. The van der Waals surface area contributed by atoms with Gasteiger partial charge in [0, 0.05) is 32.1 Å². The van der Waals surface area contributed by atoms with Crippen molar-refractivity contribution in [1.29, 1.82) is 0 Å². The van der Waals surface area contributed by atoms with Crippen molar-refractivity contribution in [3.8, 4) is 0 Å². The zero-order valence-corrected chi connectivity index (χ0v) is 12.7. The predicted molar refractivity (Wildman–Crippen MR) is 86.0 cm³/mol. The number of carbonyl (C=O) groups is 1. The normalized spacial score (nSPS) is 18.9. The van der Waals surface area contributed by atoms with Gasteiger partial charge in [0.1, 0.15) is 0 Å². The van der Waals surface area contributed by atoms with Crippen LogP contribution in [0, 0.1) is 0 Å². The van der Waals surface area contributed by atoms with E-state index in [2.05, 4.69) is 36.5 Å². The number of carbonyl (C=O) groups excluding carboxylic acids is 1. The molecule has 0 unspecified atom stereocenters. The van der Waals surface area contributed by atoms with Gasteiger partial charge in [0.05, 0.1) is 0 Å². The van der Waals surface area contributed by atoms with Crippen molar-refractivity contribution in [2.24, 2.45) is 0 Å². The molecule has 1 aromatic carbocycles. The molecular formula is C16H23ClN2O. The molecule has 0 bridgehead atoms. The summed E-state index contributed by atoms with van der Waals surface area (Å²) in [6, 6.07) is 10.6. The minimum atomic E-state index is 0. The zero-order chi connectivity index (χ0) is 13.5. The first-order valence-electron chi connectivity index (χ1n) is 6.98. The molecule has 0 aliphatic carbocycles. The van der Waals surface area contributed by atoms with E-state index in [0.29, 0.717) is 12.5 Å². The summed E-state index contributed by atoms with van der Waals surface area (Å²) in [5, 5.41) is 3.35. The first kappa shape index (κ1) is 16.7. The molecule has 1 saturated heterocycles. The van der Waals surface area contributed by atoms with E-state index in [1.807, 2.05) is 23.1 Å². The highest BCUT2D eigenvalue weighted by molar-refractivity contribution is 5.85. The van der Waals surface area contributed by atoms with Crippen LogP contribution >= 0.6 is 12.4 Å². The van der Waals surface area contributed by atoms with Crippen LogP contribution in [-0.2, 0) is 4.79 Å². The van der Waals surface area contributed by atoms with E-state index in [1.165, 1.54) is 5.56 Å². The van der Waals surface area contributed by atoms with E-state index in [0.717, 1.165) is 26.1 Å². The molecule has 110 valence electrons.